The summed E-state index contributed by atoms with van der Waals surface area (Å²) < 4.78 is 0. The number of nitrogens with zero attached hydrogens (tertiary/aromatic N) is 1. The van der Waals surface area contributed by atoms with E-state index < -0.39 is 0 Å². The van der Waals surface area contributed by atoms with Crippen molar-refractivity contribution in [1.29, 1.82) is 0 Å². The van der Waals surface area contributed by atoms with Crippen LogP contribution in [0.15, 0.2) is 24.4 Å². The monoisotopic (exact) mass is 171 g/mol. The Morgan fingerprint density at radius 2 is 2.23 bits per heavy atom. The number of hydrogen-bond donors (Lipinski definition) is 0. The molecule has 1 aromatic heterocycles. The Labute approximate surface area is 78.5 Å². The lowest BCUT2D eigenvalue weighted by molar-refractivity contribution is 0.595. The summed E-state index contributed by atoms with van der Waals surface area (Å²) in [6.45, 7) is 4.68. The van der Waals surface area contributed by atoms with Crippen molar-refractivity contribution in [2.24, 2.45) is 11.3 Å². The van der Waals surface area contributed by atoms with Crippen molar-refractivity contribution in [2.75, 3.05) is 0 Å². The van der Waals surface area contributed by atoms with Crippen LogP contribution in [-0.4, -0.2) is 4.98 Å². The SMILES string of the molecule is CC1(C)C2C=Cc3ncccc3C21. The Hall–Kier alpha value is -1.11. The molecule has 2 unspecified atom stereocenters. The van der Waals surface area contributed by atoms with E-state index in [0.717, 1.165) is 11.8 Å². The van der Waals surface area contributed by atoms with Crippen LogP contribution in [0.1, 0.15) is 31.0 Å². The molecule has 1 heterocycles. The van der Waals surface area contributed by atoms with E-state index in [9.17, 15) is 0 Å². The first-order valence-electron chi connectivity index (χ1n) is 4.84. The summed E-state index contributed by atoms with van der Waals surface area (Å²) in [6.07, 6.45) is 6.37. The summed E-state index contributed by atoms with van der Waals surface area (Å²) in [5.74, 6) is 1.48. The molecule has 66 valence electrons. The number of fused-ring (bicyclic) bond motifs is 3. The summed E-state index contributed by atoms with van der Waals surface area (Å²) in [6, 6.07) is 4.27. The molecule has 0 bridgehead atoms. The van der Waals surface area contributed by atoms with E-state index in [-0.39, 0.29) is 0 Å². The quantitative estimate of drug-likeness (QED) is 0.585. The molecule has 0 aliphatic heterocycles. The molecule has 2 aliphatic rings. The molecule has 0 saturated heterocycles. The topological polar surface area (TPSA) is 12.9 Å². The minimum absolute atomic E-state index is 0.463. The highest BCUT2D eigenvalue weighted by atomic mass is 14.7. The minimum Gasteiger partial charge on any atom is -0.257 e. The maximum atomic E-state index is 4.38. The van der Waals surface area contributed by atoms with Gasteiger partial charge in [0.25, 0.3) is 0 Å². The minimum atomic E-state index is 0.463. The Morgan fingerprint density at radius 3 is 3.08 bits per heavy atom. The van der Waals surface area contributed by atoms with Gasteiger partial charge in [0.2, 0.25) is 0 Å². The predicted octanol–water partition coefficient (Wildman–Crippen LogP) is 2.85. The van der Waals surface area contributed by atoms with Crippen molar-refractivity contribution in [3.63, 3.8) is 0 Å². The standard InChI is InChI=1S/C12H13N/c1-12(2)9-5-6-10-8(11(9)12)4-3-7-13-10/h3-7,9,11H,1-2H3. The highest BCUT2D eigenvalue weighted by molar-refractivity contribution is 5.59. The van der Waals surface area contributed by atoms with Gasteiger partial charge in [0.1, 0.15) is 0 Å². The van der Waals surface area contributed by atoms with Crippen LogP contribution in [-0.2, 0) is 0 Å². The van der Waals surface area contributed by atoms with E-state index in [1.54, 1.807) is 0 Å². The molecule has 1 saturated carbocycles. The van der Waals surface area contributed by atoms with Crippen molar-refractivity contribution in [2.45, 2.75) is 19.8 Å². The summed E-state index contributed by atoms with van der Waals surface area (Å²) in [4.78, 5) is 4.38. The molecule has 1 nitrogen and oxygen atoms in total. The summed E-state index contributed by atoms with van der Waals surface area (Å²) >= 11 is 0. The van der Waals surface area contributed by atoms with Gasteiger partial charge in [-0.05, 0) is 35.0 Å². The molecule has 0 spiro atoms. The summed E-state index contributed by atoms with van der Waals surface area (Å²) in [7, 11) is 0. The van der Waals surface area contributed by atoms with E-state index in [1.165, 1.54) is 11.3 Å². The average molecular weight is 171 g/mol. The number of rotatable bonds is 0. The molecular weight excluding hydrogens is 158 g/mol. The van der Waals surface area contributed by atoms with Crippen molar-refractivity contribution < 1.29 is 0 Å². The largest absolute Gasteiger partial charge is 0.257 e. The maximum Gasteiger partial charge on any atom is 0.0661 e. The first-order valence-corrected chi connectivity index (χ1v) is 4.84. The fraction of sp³-hybridized carbons (Fsp3) is 0.417. The van der Waals surface area contributed by atoms with Crippen LogP contribution in [0.3, 0.4) is 0 Å². The molecule has 1 aromatic rings. The van der Waals surface area contributed by atoms with Gasteiger partial charge >= 0.3 is 0 Å². The van der Waals surface area contributed by atoms with Crippen molar-refractivity contribution in [3.05, 3.63) is 35.7 Å². The van der Waals surface area contributed by atoms with Crippen LogP contribution in [0.4, 0.5) is 0 Å². The molecule has 2 aliphatic carbocycles. The molecule has 0 N–H and O–H groups in total. The highest BCUT2D eigenvalue weighted by Crippen LogP contribution is 2.67. The van der Waals surface area contributed by atoms with Gasteiger partial charge in [-0.2, -0.15) is 0 Å². The molecular formula is C12H13N. The average Bonchev–Trinajstić information content (AvgIpc) is 2.70. The smallest absolute Gasteiger partial charge is 0.0661 e. The van der Waals surface area contributed by atoms with E-state index in [0.29, 0.717) is 5.41 Å². The van der Waals surface area contributed by atoms with Gasteiger partial charge in [0.05, 0.1) is 5.69 Å². The van der Waals surface area contributed by atoms with Crippen molar-refractivity contribution in [3.8, 4) is 0 Å². The third-order valence-electron chi connectivity index (χ3n) is 3.58. The van der Waals surface area contributed by atoms with Crippen molar-refractivity contribution >= 4 is 6.08 Å². The van der Waals surface area contributed by atoms with Crippen LogP contribution >= 0.6 is 0 Å². The fourth-order valence-corrected chi connectivity index (χ4v) is 2.66. The van der Waals surface area contributed by atoms with E-state index in [1.807, 2.05) is 12.3 Å². The Kier molecular flexibility index (Phi) is 1.14. The Bertz CT molecular complexity index is 390. The second kappa shape index (κ2) is 2.03. The summed E-state index contributed by atoms with van der Waals surface area (Å²) in [5, 5.41) is 0. The van der Waals surface area contributed by atoms with Gasteiger partial charge < -0.3 is 0 Å². The highest BCUT2D eigenvalue weighted by Gasteiger charge is 2.58. The Balaban J connectivity index is 2.17. The van der Waals surface area contributed by atoms with Gasteiger partial charge in [0, 0.05) is 6.20 Å². The molecule has 0 aromatic carbocycles. The van der Waals surface area contributed by atoms with Gasteiger partial charge in [-0.3, -0.25) is 4.98 Å². The van der Waals surface area contributed by atoms with Gasteiger partial charge in [-0.15, -0.1) is 0 Å². The molecule has 1 heteroatoms. The van der Waals surface area contributed by atoms with E-state index in [2.05, 4.69) is 37.0 Å². The van der Waals surface area contributed by atoms with Gasteiger partial charge in [0.15, 0.2) is 0 Å². The van der Waals surface area contributed by atoms with Gasteiger partial charge in [-0.1, -0.05) is 26.0 Å². The molecule has 13 heavy (non-hydrogen) atoms. The molecule has 2 atom stereocenters. The third-order valence-corrected chi connectivity index (χ3v) is 3.58. The first kappa shape index (κ1) is 7.31. The van der Waals surface area contributed by atoms with Crippen LogP contribution in [0.2, 0.25) is 0 Å². The molecule has 1 fully saturated rings. The number of aromatic nitrogens is 1. The predicted molar refractivity (Wildman–Crippen MR) is 53.3 cm³/mol. The lowest BCUT2D eigenvalue weighted by Gasteiger charge is -2.07. The van der Waals surface area contributed by atoms with E-state index in [4.69, 9.17) is 0 Å². The molecule has 0 radical (unpaired) electrons. The molecule has 3 rings (SSSR count). The second-order valence-corrected chi connectivity index (χ2v) is 4.66. The zero-order valence-corrected chi connectivity index (χ0v) is 7.99. The van der Waals surface area contributed by atoms with Crippen LogP contribution in [0, 0.1) is 11.3 Å². The lowest BCUT2D eigenvalue weighted by atomic mass is 10.0. The number of pyridine rings is 1. The normalized spacial score (nSPS) is 32.2. The number of allylic oxidation sites excluding steroid dienone is 1. The van der Waals surface area contributed by atoms with Crippen molar-refractivity contribution in [1.82, 2.24) is 4.98 Å². The fourth-order valence-electron chi connectivity index (χ4n) is 2.66. The van der Waals surface area contributed by atoms with Crippen LogP contribution < -0.4 is 0 Å². The van der Waals surface area contributed by atoms with Crippen LogP contribution in [0.25, 0.3) is 6.08 Å². The zero-order chi connectivity index (χ0) is 9.05. The van der Waals surface area contributed by atoms with E-state index >= 15 is 0 Å². The maximum absolute atomic E-state index is 4.38. The van der Waals surface area contributed by atoms with Crippen LogP contribution in [0.5, 0.6) is 0 Å². The number of hydrogen-bond acceptors (Lipinski definition) is 1. The van der Waals surface area contributed by atoms with Gasteiger partial charge in [-0.25, -0.2) is 0 Å². The summed E-state index contributed by atoms with van der Waals surface area (Å²) in [5.41, 5.74) is 3.08. The first-order chi connectivity index (χ1) is 6.21. The lowest BCUT2D eigenvalue weighted by Crippen LogP contribution is -1.95. The molecule has 0 amide bonds. The Morgan fingerprint density at radius 1 is 1.38 bits per heavy atom. The second-order valence-electron chi connectivity index (χ2n) is 4.66. The third kappa shape index (κ3) is 0.796. The zero-order valence-electron chi connectivity index (χ0n) is 7.99.